The Morgan fingerprint density at radius 1 is 1.26 bits per heavy atom. The number of ether oxygens (including phenoxy) is 2. The van der Waals surface area contributed by atoms with Crippen molar-refractivity contribution in [3.63, 3.8) is 0 Å². The van der Waals surface area contributed by atoms with Gasteiger partial charge in [0, 0.05) is 24.7 Å². The molecule has 0 saturated carbocycles. The van der Waals surface area contributed by atoms with E-state index in [2.05, 4.69) is 10.2 Å². The molecule has 1 atom stereocenters. The Morgan fingerprint density at radius 2 is 2.04 bits per heavy atom. The van der Waals surface area contributed by atoms with E-state index >= 15 is 0 Å². The molecule has 27 heavy (non-hydrogen) atoms. The van der Waals surface area contributed by atoms with Crippen LogP contribution < -0.4 is 10.1 Å². The lowest BCUT2D eigenvalue weighted by atomic mass is 10.1. The van der Waals surface area contributed by atoms with Gasteiger partial charge in [0.15, 0.2) is 6.61 Å². The number of nitrogens with one attached hydrogen (secondary N) is 1. The highest BCUT2D eigenvalue weighted by Crippen LogP contribution is 2.27. The van der Waals surface area contributed by atoms with E-state index in [0.717, 1.165) is 24.6 Å². The van der Waals surface area contributed by atoms with Crippen LogP contribution in [0.15, 0.2) is 34.7 Å². The molecule has 2 aromatic rings. The van der Waals surface area contributed by atoms with Gasteiger partial charge in [-0.2, -0.15) is 0 Å². The zero-order valence-electron chi connectivity index (χ0n) is 15.0. The predicted octanol–water partition coefficient (Wildman–Crippen LogP) is 3.46. The zero-order chi connectivity index (χ0) is 19.2. The Labute approximate surface area is 168 Å². The van der Waals surface area contributed by atoms with Crippen LogP contribution in [0.5, 0.6) is 5.75 Å². The average molecular weight is 413 g/mol. The summed E-state index contributed by atoms with van der Waals surface area (Å²) < 4.78 is 16.7. The Kier molecular flexibility index (Phi) is 7.01. The standard InChI is InChI=1S/C19H22Cl2N2O4/c1-13-2-4-18(27-13)16(23-6-8-25-9-7-23)11-22-19(24)12-26-17-5-3-14(20)10-15(17)21/h2-5,10,16H,6-9,11-12H2,1H3,(H,22,24). The fourth-order valence-electron chi connectivity index (χ4n) is 2.93. The summed E-state index contributed by atoms with van der Waals surface area (Å²) in [6.45, 7) is 5.11. The van der Waals surface area contributed by atoms with Gasteiger partial charge in [0.05, 0.1) is 24.3 Å². The second-order valence-corrected chi connectivity index (χ2v) is 7.12. The van der Waals surface area contributed by atoms with Gasteiger partial charge in [-0.15, -0.1) is 0 Å². The van der Waals surface area contributed by atoms with Gasteiger partial charge in [-0.25, -0.2) is 0 Å². The van der Waals surface area contributed by atoms with Gasteiger partial charge < -0.3 is 19.2 Å². The summed E-state index contributed by atoms with van der Waals surface area (Å²) in [5.74, 6) is 1.86. The predicted molar refractivity (Wildman–Crippen MR) is 104 cm³/mol. The van der Waals surface area contributed by atoms with Crippen LogP contribution in [0.25, 0.3) is 0 Å². The number of nitrogens with zero attached hydrogens (tertiary/aromatic N) is 1. The largest absolute Gasteiger partial charge is 0.482 e. The monoisotopic (exact) mass is 412 g/mol. The number of carbonyl (C=O) groups is 1. The van der Waals surface area contributed by atoms with Crippen molar-refractivity contribution in [3.8, 4) is 5.75 Å². The zero-order valence-corrected chi connectivity index (χ0v) is 16.6. The van der Waals surface area contributed by atoms with Gasteiger partial charge in [-0.3, -0.25) is 9.69 Å². The molecule has 1 saturated heterocycles. The van der Waals surface area contributed by atoms with Crippen LogP contribution in [0, 0.1) is 6.92 Å². The van der Waals surface area contributed by atoms with Crippen LogP contribution in [0.2, 0.25) is 10.0 Å². The van der Waals surface area contributed by atoms with Crippen LogP contribution in [0.4, 0.5) is 0 Å². The van der Waals surface area contributed by atoms with Crippen LogP contribution in [0.3, 0.4) is 0 Å². The lowest BCUT2D eigenvalue weighted by molar-refractivity contribution is -0.123. The highest BCUT2D eigenvalue weighted by atomic mass is 35.5. The van der Waals surface area contributed by atoms with E-state index in [1.807, 2.05) is 19.1 Å². The first kappa shape index (κ1) is 20.0. The first-order valence-corrected chi connectivity index (χ1v) is 9.51. The van der Waals surface area contributed by atoms with E-state index in [4.69, 9.17) is 37.1 Å². The summed E-state index contributed by atoms with van der Waals surface area (Å²) in [4.78, 5) is 14.5. The summed E-state index contributed by atoms with van der Waals surface area (Å²) in [6.07, 6.45) is 0. The number of hydrogen-bond donors (Lipinski definition) is 1. The smallest absolute Gasteiger partial charge is 0.258 e. The Bertz CT molecular complexity index is 775. The Hall–Kier alpha value is -1.73. The third kappa shape index (κ3) is 5.62. The summed E-state index contributed by atoms with van der Waals surface area (Å²) in [5, 5.41) is 3.79. The maximum atomic E-state index is 12.2. The molecule has 0 aliphatic carbocycles. The van der Waals surface area contributed by atoms with Gasteiger partial charge in [0.2, 0.25) is 0 Å². The third-order valence-electron chi connectivity index (χ3n) is 4.32. The van der Waals surface area contributed by atoms with Crippen molar-refractivity contribution >= 4 is 29.1 Å². The third-order valence-corrected chi connectivity index (χ3v) is 4.85. The number of hydrogen-bond acceptors (Lipinski definition) is 5. The fourth-order valence-corrected chi connectivity index (χ4v) is 3.39. The van der Waals surface area contributed by atoms with Crippen LogP contribution in [-0.4, -0.2) is 50.3 Å². The van der Waals surface area contributed by atoms with Crippen molar-refractivity contribution in [1.29, 1.82) is 0 Å². The number of furan rings is 1. The molecule has 0 bridgehead atoms. The molecule has 0 radical (unpaired) electrons. The second kappa shape index (κ2) is 9.46. The van der Waals surface area contributed by atoms with Crippen LogP contribution in [-0.2, 0) is 9.53 Å². The number of halogens is 2. The van der Waals surface area contributed by atoms with E-state index < -0.39 is 0 Å². The number of amides is 1. The average Bonchev–Trinajstić information content (AvgIpc) is 3.08. The molecule has 1 fully saturated rings. The highest BCUT2D eigenvalue weighted by Gasteiger charge is 2.25. The number of benzene rings is 1. The minimum atomic E-state index is -0.234. The van der Waals surface area contributed by atoms with Crippen LogP contribution >= 0.6 is 23.2 Å². The lowest BCUT2D eigenvalue weighted by Gasteiger charge is -2.33. The molecule has 1 aliphatic rings. The molecule has 1 aromatic heterocycles. The van der Waals surface area contributed by atoms with Crippen LogP contribution in [0.1, 0.15) is 17.6 Å². The Balaban J connectivity index is 1.56. The van der Waals surface area contributed by atoms with E-state index in [0.29, 0.717) is 35.6 Å². The van der Waals surface area contributed by atoms with E-state index in [1.165, 1.54) is 0 Å². The minimum absolute atomic E-state index is 0.0503. The summed E-state index contributed by atoms with van der Waals surface area (Å²) in [5.41, 5.74) is 0. The van der Waals surface area contributed by atoms with Crippen molar-refractivity contribution in [2.45, 2.75) is 13.0 Å². The molecule has 3 rings (SSSR count). The first-order chi connectivity index (χ1) is 13.0. The van der Waals surface area contributed by atoms with Gasteiger partial charge >= 0.3 is 0 Å². The van der Waals surface area contributed by atoms with Gasteiger partial charge in [-0.05, 0) is 37.3 Å². The molecule has 1 amide bonds. The van der Waals surface area contributed by atoms with Gasteiger partial charge in [0.25, 0.3) is 5.91 Å². The molecule has 8 heteroatoms. The molecule has 1 aromatic carbocycles. The van der Waals surface area contributed by atoms with Gasteiger partial charge in [0.1, 0.15) is 17.3 Å². The summed E-state index contributed by atoms with van der Waals surface area (Å²) in [6, 6.07) is 8.70. The minimum Gasteiger partial charge on any atom is -0.482 e. The second-order valence-electron chi connectivity index (χ2n) is 6.28. The van der Waals surface area contributed by atoms with Gasteiger partial charge in [-0.1, -0.05) is 23.2 Å². The number of morpholine rings is 1. The molecule has 1 N–H and O–H groups in total. The molecule has 1 aliphatic heterocycles. The molecule has 0 spiro atoms. The van der Waals surface area contributed by atoms with Crippen molar-refractivity contribution in [3.05, 3.63) is 51.9 Å². The molecule has 1 unspecified atom stereocenters. The normalized spacial score (nSPS) is 16.1. The summed E-state index contributed by atoms with van der Waals surface area (Å²) in [7, 11) is 0. The van der Waals surface area contributed by atoms with Crippen molar-refractivity contribution in [1.82, 2.24) is 10.2 Å². The summed E-state index contributed by atoms with van der Waals surface area (Å²) >= 11 is 11.9. The topological polar surface area (TPSA) is 63.9 Å². The number of rotatable bonds is 7. The lowest BCUT2D eigenvalue weighted by Crippen LogP contribution is -2.44. The van der Waals surface area contributed by atoms with E-state index in [1.54, 1.807) is 18.2 Å². The highest BCUT2D eigenvalue weighted by molar-refractivity contribution is 6.35. The quantitative estimate of drug-likeness (QED) is 0.753. The SMILES string of the molecule is Cc1ccc(C(CNC(=O)COc2ccc(Cl)cc2Cl)N2CCOCC2)o1. The molecule has 6 nitrogen and oxygen atoms in total. The molecular formula is C19H22Cl2N2O4. The van der Waals surface area contributed by atoms with Crippen molar-refractivity contribution in [2.75, 3.05) is 39.5 Å². The maximum Gasteiger partial charge on any atom is 0.258 e. The van der Waals surface area contributed by atoms with E-state index in [9.17, 15) is 4.79 Å². The van der Waals surface area contributed by atoms with Crippen molar-refractivity contribution in [2.24, 2.45) is 0 Å². The fraction of sp³-hybridized carbons (Fsp3) is 0.421. The van der Waals surface area contributed by atoms with Crippen molar-refractivity contribution < 1.29 is 18.7 Å². The first-order valence-electron chi connectivity index (χ1n) is 8.75. The number of aryl methyl sites for hydroxylation is 1. The molecular weight excluding hydrogens is 391 g/mol. The maximum absolute atomic E-state index is 12.2. The Morgan fingerprint density at radius 3 is 2.70 bits per heavy atom. The number of carbonyl (C=O) groups excluding carboxylic acids is 1. The van der Waals surface area contributed by atoms with E-state index in [-0.39, 0.29) is 18.6 Å². The molecule has 2 heterocycles. The molecule has 146 valence electrons.